The second kappa shape index (κ2) is 8.22. The van der Waals surface area contributed by atoms with Crippen LogP contribution in [0.4, 0.5) is 23.7 Å². The fourth-order valence-corrected chi connectivity index (χ4v) is 4.20. The molecule has 2 amide bonds. The molecule has 9 nitrogen and oxygen atoms in total. The molecule has 0 saturated carbocycles. The third-order valence-electron chi connectivity index (χ3n) is 5.99. The van der Waals surface area contributed by atoms with Crippen LogP contribution in [0.3, 0.4) is 0 Å². The number of alkyl halides is 3. The van der Waals surface area contributed by atoms with E-state index in [0.717, 1.165) is 9.58 Å². The number of aromatic nitrogens is 2. The molecule has 1 N–H and O–H groups in total. The molecule has 2 aliphatic heterocycles. The summed E-state index contributed by atoms with van der Waals surface area (Å²) in [5, 5.41) is 13.1. The summed E-state index contributed by atoms with van der Waals surface area (Å²) in [5.74, 6) is 0.660. The summed E-state index contributed by atoms with van der Waals surface area (Å²) in [7, 11) is 1.56. The van der Waals surface area contributed by atoms with Crippen molar-refractivity contribution in [1.29, 1.82) is 0 Å². The fraction of sp³-hybridized carbons (Fsp3) is 0.261. The zero-order valence-corrected chi connectivity index (χ0v) is 18.4. The number of hydrogen-bond donors (Lipinski definition) is 1. The highest BCUT2D eigenvalue weighted by Gasteiger charge is 2.41. The lowest BCUT2D eigenvalue weighted by molar-refractivity contribution is -0.142. The zero-order chi connectivity index (χ0) is 24.9. The van der Waals surface area contributed by atoms with E-state index in [9.17, 15) is 27.9 Å². The number of carboxylic acid groups (broad SMARTS) is 1. The minimum absolute atomic E-state index is 0.0378. The van der Waals surface area contributed by atoms with Crippen LogP contribution in [0, 0.1) is 0 Å². The molecule has 0 saturated heterocycles. The molecule has 3 heterocycles. The van der Waals surface area contributed by atoms with Gasteiger partial charge in [0.2, 0.25) is 6.79 Å². The molecule has 5 rings (SSSR count). The van der Waals surface area contributed by atoms with Crippen molar-refractivity contribution in [2.45, 2.75) is 19.1 Å². The Hall–Kier alpha value is -4.22. The van der Waals surface area contributed by atoms with Crippen LogP contribution in [0.25, 0.3) is 5.69 Å². The number of carbonyl (C=O) groups is 2. The van der Waals surface area contributed by atoms with Crippen molar-refractivity contribution in [1.82, 2.24) is 14.7 Å². The standard InChI is InChI=1S/C23H19F3N4O5/c1-28(14-5-6-18-19(10-14)35-12-34-18)21(31)13-3-2-4-15(9-13)30-17-11-29(22(32)33)8-7-16(17)20(27-30)23(24,25)26/h2-6,9-10H,7-8,11-12H2,1H3,(H,32,33). The normalized spacial score (nSPS) is 14.6. The van der Waals surface area contributed by atoms with Gasteiger partial charge in [0.15, 0.2) is 17.2 Å². The molecule has 12 heteroatoms. The van der Waals surface area contributed by atoms with E-state index in [1.54, 1.807) is 31.3 Å². The summed E-state index contributed by atoms with van der Waals surface area (Å²) in [4.78, 5) is 27.0. The van der Waals surface area contributed by atoms with E-state index in [1.165, 1.54) is 23.1 Å². The van der Waals surface area contributed by atoms with E-state index in [2.05, 4.69) is 5.10 Å². The fourth-order valence-electron chi connectivity index (χ4n) is 4.20. The molecular formula is C23H19F3N4O5. The van der Waals surface area contributed by atoms with E-state index in [-0.39, 0.29) is 48.8 Å². The van der Waals surface area contributed by atoms with Gasteiger partial charge < -0.3 is 24.4 Å². The van der Waals surface area contributed by atoms with Crippen LogP contribution in [-0.4, -0.2) is 52.2 Å². The first-order chi connectivity index (χ1) is 16.6. The van der Waals surface area contributed by atoms with Crippen molar-refractivity contribution in [3.05, 3.63) is 65.0 Å². The minimum Gasteiger partial charge on any atom is -0.465 e. The number of hydrogen-bond acceptors (Lipinski definition) is 5. The van der Waals surface area contributed by atoms with Crippen LogP contribution in [0.5, 0.6) is 11.5 Å². The molecule has 0 unspecified atom stereocenters. The number of fused-ring (bicyclic) bond motifs is 2. The van der Waals surface area contributed by atoms with Crippen LogP contribution in [0.2, 0.25) is 0 Å². The Morgan fingerprint density at radius 2 is 1.89 bits per heavy atom. The summed E-state index contributed by atoms with van der Waals surface area (Å²) in [5.41, 5.74) is 0.00790. The number of amides is 2. The Balaban J connectivity index is 1.51. The first-order valence-electron chi connectivity index (χ1n) is 10.6. The summed E-state index contributed by atoms with van der Waals surface area (Å²) in [6.07, 6.45) is -6.04. The number of nitrogens with zero attached hydrogens (tertiary/aromatic N) is 4. The summed E-state index contributed by atoms with van der Waals surface area (Å²) in [6.45, 7) is -0.217. The quantitative estimate of drug-likeness (QED) is 0.600. The zero-order valence-electron chi connectivity index (χ0n) is 18.4. The number of ether oxygens (including phenoxy) is 2. The molecule has 0 fully saturated rings. The number of benzene rings is 2. The van der Waals surface area contributed by atoms with Gasteiger partial charge in [-0.3, -0.25) is 4.79 Å². The van der Waals surface area contributed by atoms with Gasteiger partial charge in [0.1, 0.15) is 0 Å². The lowest BCUT2D eigenvalue weighted by atomic mass is 10.0. The van der Waals surface area contributed by atoms with Crippen LogP contribution in [0.15, 0.2) is 42.5 Å². The second-order valence-corrected chi connectivity index (χ2v) is 8.09. The van der Waals surface area contributed by atoms with E-state index >= 15 is 0 Å². The average Bonchev–Trinajstić information content (AvgIpc) is 3.46. The predicted octanol–water partition coefficient (Wildman–Crippen LogP) is 3.93. The SMILES string of the molecule is CN(C(=O)c1cccc(-n2nc(C(F)(F)F)c3c2CN(C(=O)O)CC3)c1)c1ccc2c(c1)OCO2. The smallest absolute Gasteiger partial charge is 0.435 e. The maximum atomic E-state index is 13.7. The topological polar surface area (TPSA) is 97.1 Å². The summed E-state index contributed by atoms with van der Waals surface area (Å²) < 4.78 is 52.7. The lowest BCUT2D eigenvalue weighted by Crippen LogP contribution is -2.35. The van der Waals surface area contributed by atoms with Gasteiger partial charge in [-0.25, -0.2) is 9.48 Å². The average molecular weight is 488 g/mol. The molecule has 0 aliphatic carbocycles. The third kappa shape index (κ3) is 4.00. The van der Waals surface area contributed by atoms with E-state index in [0.29, 0.717) is 17.2 Å². The maximum Gasteiger partial charge on any atom is 0.435 e. The molecule has 0 spiro atoms. The van der Waals surface area contributed by atoms with E-state index in [4.69, 9.17) is 9.47 Å². The molecule has 182 valence electrons. The number of carbonyl (C=O) groups excluding carboxylic acids is 1. The number of anilines is 1. The molecule has 2 aromatic carbocycles. The largest absolute Gasteiger partial charge is 0.465 e. The van der Waals surface area contributed by atoms with Crippen molar-refractivity contribution in [3.8, 4) is 17.2 Å². The minimum atomic E-state index is -4.70. The monoisotopic (exact) mass is 488 g/mol. The van der Waals surface area contributed by atoms with Gasteiger partial charge in [-0.2, -0.15) is 18.3 Å². The van der Waals surface area contributed by atoms with Crippen LogP contribution in [0.1, 0.15) is 27.3 Å². The molecule has 1 aromatic heterocycles. The molecular weight excluding hydrogens is 469 g/mol. The van der Waals surface area contributed by atoms with Gasteiger partial charge in [0.05, 0.1) is 17.9 Å². The van der Waals surface area contributed by atoms with Crippen molar-refractivity contribution in [3.63, 3.8) is 0 Å². The molecule has 0 radical (unpaired) electrons. The Morgan fingerprint density at radius 1 is 1.11 bits per heavy atom. The molecule has 0 bridgehead atoms. The first kappa shape index (κ1) is 22.6. The second-order valence-electron chi connectivity index (χ2n) is 8.09. The van der Waals surface area contributed by atoms with Gasteiger partial charge in [-0.15, -0.1) is 0 Å². The highest BCUT2D eigenvalue weighted by molar-refractivity contribution is 6.06. The van der Waals surface area contributed by atoms with Gasteiger partial charge in [0, 0.05) is 36.5 Å². The predicted molar refractivity (Wildman–Crippen MR) is 116 cm³/mol. The van der Waals surface area contributed by atoms with E-state index < -0.39 is 23.9 Å². The summed E-state index contributed by atoms with van der Waals surface area (Å²) in [6, 6.07) is 11.1. The highest BCUT2D eigenvalue weighted by atomic mass is 19.4. The summed E-state index contributed by atoms with van der Waals surface area (Å²) >= 11 is 0. The molecule has 35 heavy (non-hydrogen) atoms. The van der Waals surface area contributed by atoms with Crippen molar-refractivity contribution < 1.29 is 37.3 Å². The van der Waals surface area contributed by atoms with Gasteiger partial charge >= 0.3 is 12.3 Å². The van der Waals surface area contributed by atoms with Crippen molar-refractivity contribution in [2.75, 3.05) is 25.3 Å². The molecule has 0 atom stereocenters. The Bertz CT molecular complexity index is 1340. The number of rotatable bonds is 3. The van der Waals surface area contributed by atoms with Gasteiger partial charge in [-0.05, 0) is 36.8 Å². The van der Waals surface area contributed by atoms with Crippen molar-refractivity contribution in [2.24, 2.45) is 0 Å². The van der Waals surface area contributed by atoms with Gasteiger partial charge in [0.25, 0.3) is 5.91 Å². The lowest BCUT2D eigenvalue weighted by Gasteiger charge is -2.25. The molecule has 3 aromatic rings. The molecule has 2 aliphatic rings. The Kier molecular flexibility index (Phi) is 5.30. The Morgan fingerprint density at radius 3 is 2.63 bits per heavy atom. The van der Waals surface area contributed by atoms with E-state index in [1.807, 2.05) is 0 Å². The van der Waals surface area contributed by atoms with Crippen LogP contribution in [-0.2, 0) is 19.1 Å². The maximum absolute atomic E-state index is 13.7. The highest BCUT2D eigenvalue weighted by Crippen LogP contribution is 2.37. The van der Waals surface area contributed by atoms with Crippen LogP contribution >= 0.6 is 0 Å². The van der Waals surface area contributed by atoms with Gasteiger partial charge in [-0.1, -0.05) is 6.07 Å². The first-order valence-corrected chi connectivity index (χ1v) is 10.6. The van der Waals surface area contributed by atoms with Crippen LogP contribution < -0.4 is 14.4 Å². The Labute approximate surface area is 196 Å². The number of halogens is 3. The third-order valence-corrected chi connectivity index (χ3v) is 5.99. The van der Waals surface area contributed by atoms with Crippen molar-refractivity contribution >= 4 is 17.7 Å².